The number of nitrogens with zero attached hydrogens (tertiary/aromatic N) is 2. The Balaban J connectivity index is 1.23. The van der Waals surface area contributed by atoms with Crippen LogP contribution >= 0.6 is 22.7 Å². The van der Waals surface area contributed by atoms with Crippen LogP contribution in [-0.2, 0) is 21.7 Å². The highest BCUT2D eigenvalue weighted by atomic mass is 32.1. The van der Waals surface area contributed by atoms with E-state index in [0.717, 1.165) is 0 Å². The Labute approximate surface area is 408 Å². The molecule has 0 saturated carbocycles. The van der Waals surface area contributed by atoms with Gasteiger partial charge in [-0.3, -0.25) is 0 Å². The number of hydrogen-bond donors (Lipinski definition) is 0. The Morgan fingerprint density at radius 2 is 1.09 bits per heavy atom. The number of benzene rings is 8. The second-order valence-electron chi connectivity index (χ2n) is 23.8. The van der Waals surface area contributed by atoms with E-state index in [4.69, 9.17) is 0 Å². The highest BCUT2D eigenvalue weighted by Crippen LogP contribution is 2.60. The molecule has 2 aliphatic heterocycles. The molecule has 3 aromatic heterocycles. The summed E-state index contributed by atoms with van der Waals surface area (Å²) in [5.41, 5.74) is 21.5. The van der Waals surface area contributed by atoms with Crippen molar-refractivity contribution in [3.63, 3.8) is 0 Å². The minimum atomic E-state index is -0.259. The molecule has 0 atom stereocenters. The molecule has 0 fully saturated rings. The summed E-state index contributed by atoms with van der Waals surface area (Å²) in [5.74, 6) is 0. The highest BCUT2D eigenvalue weighted by molar-refractivity contribution is 7.26. The molecule has 1 aliphatic carbocycles. The standard InChI is InChI=1S/C63H55BN2S2/c1-60(2,3)34-20-24-37(25-21-34)66-48-31-42-40-28-36(62(7,8)9)23-27-51(40)68-52(42)32-44(48)56-57-54(39-17-12-14-18-45(39)63(57,10)11)55-43-29-35(61(4,5)6)22-26-47(43)65-49-33-53-41(38-16-13-15-19-50(38)67-53)30-46(49)64(66)58(56)59(55)65/h12-33H,1-11H3. The molecule has 0 spiro atoms. The monoisotopic (exact) mass is 914 g/mol. The van der Waals surface area contributed by atoms with Crippen molar-refractivity contribution in [2.75, 3.05) is 4.81 Å². The van der Waals surface area contributed by atoms with E-state index in [1.807, 2.05) is 22.7 Å². The zero-order chi connectivity index (χ0) is 46.7. The van der Waals surface area contributed by atoms with Crippen LogP contribution in [0.3, 0.4) is 0 Å². The molecular formula is C63H55BN2S2. The smallest absolute Gasteiger partial charge is 0.333 e. The molecule has 14 rings (SSSR count). The average molecular weight is 915 g/mol. The lowest BCUT2D eigenvalue weighted by atomic mass is 9.43. The largest absolute Gasteiger partial charge is 0.376 e. The van der Waals surface area contributed by atoms with Crippen LogP contribution in [0.2, 0.25) is 0 Å². The van der Waals surface area contributed by atoms with Gasteiger partial charge in [0.25, 0.3) is 0 Å². The van der Waals surface area contributed by atoms with Crippen molar-refractivity contribution in [1.29, 1.82) is 0 Å². The van der Waals surface area contributed by atoms with Crippen molar-refractivity contribution >= 4 is 114 Å². The van der Waals surface area contributed by atoms with Gasteiger partial charge in [0.15, 0.2) is 0 Å². The van der Waals surface area contributed by atoms with Crippen molar-refractivity contribution in [3.8, 4) is 27.9 Å². The average Bonchev–Trinajstić information content (AvgIpc) is 4.02. The molecule has 5 heterocycles. The zero-order valence-corrected chi connectivity index (χ0v) is 42.6. The van der Waals surface area contributed by atoms with Gasteiger partial charge in [0.2, 0.25) is 0 Å². The Morgan fingerprint density at radius 3 is 1.82 bits per heavy atom. The van der Waals surface area contributed by atoms with Crippen molar-refractivity contribution in [2.45, 2.75) is 97.8 Å². The van der Waals surface area contributed by atoms with Gasteiger partial charge < -0.3 is 9.38 Å². The third-order valence-electron chi connectivity index (χ3n) is 16.2. The first-order chi connectivity index (χ1) is 32.4. The van der Waals surface area contributed by atoms with E-state index in [2.05, 4.69) is 219 Å². The number of aromatic nitrogens is 1. The molecule has 332 valence electrons. The molecule has 0 N–H and O–H groups in total. The van der Waals surface area contributed by atoms with Crippen LogP contribution in [-0.4, -0.2) is 11.4 Å². The maximum absolute atomic E-state index is 2.77. The van der Waals surface area contributed by atoms with Crippen LogP contribution < -0.4 is 15.7 Å². The Bertz CT molecular complexity index is 4060. The molecule has 8 aromatic carbocycles. The summed E-state index contributed by atoms with van der Waals surface area (Å²) in [5, 5.41) is 8.12. The van der Waals surface area contributed by atoms with E-state index >= 15 is 0 Å². The molecule has 11 aromatic rings. The summed E-state index contributed by atoms with van der Waals surface area (Å²) >= 11 is 3.88. The fraction of sp³-hybridized carbons (Fsp3) is 0.238. The SMILES string of the molecule is CC(C)(C)c1ccc(N2B3c4cc5c(cc4-n4c6ccc(C(C)(C)C)cc6c6c7c(c(c3c64)-c3cc4sc6ccc(C(C)(C)C)cc6c4cc32)C(C)(C)c2ccccc2-7)sc2ccccc25)cc1. The van der Waals surface area contributed by atoms with E-state index < -0.39 is 0 Å². The maximum atomic E-state index is 2.77. The van der Waals surface area contributed by atoms with Gasteiger partial charge in [0, 0.05) is 79.2 Å². The van der Waals surface area contributed by atoms with Crippen molar-refractivity contribution in [3.05, 3.63) is 161 Å². The van der Waals surface area contributed by atoms with Gasteiger partial charge in [-0.1, -0.05) is 149 Å². The summed E-state index contributed by atoms with van der Waals surface area (Å²) in [4.78, 5) is 2.77. The van der Waals surface area contributed by atoms with Crippen LogP contribution in [0, 0.1) is 0 Å². The number of anilines is 2. The summed E-state index contributed by atoms with van der Waals surface area (Å²) in [6.45, 7) is 26.0. The third kappa shape index (κ3) is 5.30. The van der Waals surface area contributed by atoms with E-state index in [1.165, 1.54) is 140 Å². The third-order valence-corrected chi connectivity index (χ3v) is 18.5. The molecule has 0 radical (unpaired) electrons. The van der Waals surface area contributed by atoms with E-state index in [-0.39, 0.29) is 28.5 Å². The van der Waals surface area contributed by atoms with Gasteiger partial charge in [-0.2, -0.15) is 0 Å². The Hall–Kier alpha value is -6.14. The van der Waals surface area contributed by atoms with Crippen molar-refractivity contribution in [2.24, 2.45) is 0 Å². The molecule has 0 saturated heterocycles. The summed E-state index contributed by atoms with van der Waals surface area (Å²) < 4.78 is 8.07. The van der Waals surface area contributed by atoms with Gasteiger partial charge in [-0.05, 0) is 132 Å². The van der Waals surface area contributed by atoms with Gasteiger partial charge in [-0.25, -0.2) is 0 Å². The predicted octanol–water partition coefficient (Wildman–Crippen LogP) is 17.0. The van der Waals surface area contributed by atoms with Gasteiger partial charge in [0.05, 0.1) is 11.0 Å². The highest BCUT2D eigenvalue weighted by Gasteiger charge is 2.50. The van der Waals surface area contributed by atoms with E-state index in [0.29, 0.717) is 0 Å². The van der Waals surface area contributed by atoms with Gasteiger partial charge in [0.1, 0.15) is 0 Å². The first kappa shape index (κ1) is 40.9. The van der Waals surface area contributed by atoms with Crippen LogP contribution in [0.25, 0.3) is 90.1 Å². The molecule has 68 heavy (non-hydrogen) atoms. The molecule has 2 nitrogen and oxygen atoms in total. The fourth-order valence-corrected chi connectivity index (χ4v) is 14.9. The lowest BCUT2D eigenvalue weighted by Gasteiger charge is -2.44. The quantitative estimate of drug-likeness (QED) is 0.149. The predicted molar refractivity (Wildman–Crippen MR) is 299 cm³/mol. The normalized spacial score (nSPS) is 15.0. The number of rotatable bonds is 1. The van der Waals surface area contributed by atoms with Gasteiger partial charge >= 0.3 is 6.85 Å². The second kappa shape index (κ2) is 13.1. The lowest BCUT2D eigenvalue weighted by Crippen LogP contribution is -2.61. The summed E-state index contributed by atoms with van der Waals surface area (Å²) in [6, 6.07) is 53.0. The number of hydrogen-bond acceptors (Lipinski definition) is 3. The first-order valence-corrected chi connectivity index (χ1v) is 26.2. The zero-order valence-electron chi connectivity index (χ0n) is 41.0. The molecule has 0 bridgehead atoms. The Kier molecular flexibility index (Phi) is 7.90. The lowest BCUT2D eigenvalue weighted by molar-refractivity contribution is 0.590. The first-order valence-electron chi connectivity index (χ1n) is 24.5. The maximum Gasteiger partial charge on any atom is 0.333 e. The van der Waals surface area contributed by atoms with Crippen LogP contribution in [0.15, 0.2) is 133 Å². The van der Waals surface area contributed by atoms with E-state index in [9.17, 15) is 0 Å². The molecule has 0 unspecified atom stereocenters. The minimum Gasteiger partial charge on any atom is -0.376 e. The summed E-state index contributed by atoms with van der Waals surface area (Å²) in [6.07, 6.45) is 0. The topological polar surface area (TPSA) is 8.17 Å². The Morgan fingerprint density at radius 1 is 0.485 bits per heavy atom. The minimum absolute atomic E-state index is 0.0146. The number of thiophene rings is 2. The van der Waals surface area contributed by atoms with Crippen LogP contribution in [0.1, 0.15) is 104 Å². The van der Waals surface area contributed by atoms with Crippen LogP contribution in [0.5, 0.6) is 0 Å². The molecule has 3 aliphatic rings. The molecular weight excluding hydrogens is 860 g/mol. The van der Waals surface area contributed by atoms with Crippen LogP contribution in [0.4, 0.5) is 11.4 Å². The fourth-order valence-electron chi connectivity index (χ4n) is 12.7. The number of fused-ring (bicyclic) bond motifs is 19. The molecule has 5 heteroatoms. The van der Waals surface area contributed by atoms with Gasteiger partial charge in [-0.15, -0.1) is 22.7 Å². The van der Waals surface area contributed by atoms with Crippen molar-refractivity contribution in [1.82, 2.24) is 4.57 Å². The van der Waals surface area contributed by atoms with Crippen molar-refractivity contribution < 1.29 is 0 Å². The molecule has 0 amide bonds. The second-order valence-corrected chi connectivity index (χ2v) is 25.9. The van der Waals surface area contributed by atoms with E-state index in [1.54, 1.807) is 0 Å². The summed E-state index contributed by atoms with van der Waals surface area (Å²) in [7, 11) is 0.